The molecule has 0 spiro atoms. The lowest BCUT2D eigenvalue weighted by Gasteiger charge is -2.15. The van der Waals surface area contributed by atoms with Crippen molar-refractivity contribution >= 4 is 0 Å². The Hall–Kier alpha value is -1.03. The molecule has 0 amide bonds. The minimum Gasteiger partial charge on any atom is -0.303 e. The molecule has 0 radical (unpaired) electrons. The fourth-order valence-electron chi connectivity index (χ4n) is 1.93. The van der Waals surface area contributed by atoms with Crippen molar-refractivity contribution in [2.24, 2.45) is 0 Å². The third-order valence-corrected chi connectivity index (χ3v) is 3.13. The predicted octanol–water partition coefficient (Wildman–Crippen LogP) is 6.39. The van der Waals surface area contributed by atoms with Crippen molar-refractivity contribution in [2.45, 2.75) is 67.0 Å². The van der Waals surface area contributed by atoms with Crippen LogP contribution < -0.4 is 0 Å². The van der Waals surface area contributed by atoms with E-state index in [0.717, 1.165) is 25.9 Å². The lowest BCUT2D eigenvalue weighted by Crippen LogP contribution is -2.25. The highest BCUT2D eigenvalue weighted by Gasteiger charge is 2.28. The summed E-state index contributed by atoms with van der Waals surface area (Å²) in [5, 5.41) is 0. The normalized spacial score (nSPS) is 13.8. The molecule has 0 N–H and O–H groups in total. The largest absolute Gasteiger partial charge is 0.390 e. The van der Waals surface area contributed by atoms with E-state index in [1.54, 1.807) is 0 Å². The summed E-state index contributed by atoms with van der Waals surface area (Å²) in [4.78, 5) is 1.87. The fourth-order valence-corrected chi connectivity index (χ4v) is 1.93. The Morgan fingerprint density at radius 3 is 1.48 bits per heavy atom. The van der Waals surface area contributed by atoms with E-state index >= 15 is 0 Å². The smallest absolute Gasteiger partial charge is 0.303 e. The number of likely N-dealkylation sites (tertiary alicyclic amines) is 1. The molecule has 1 aromatic rings. The molecule has 1 aliphatic heterocycles. The Labute approximate surface area is 140 Å². The highest BCUT2D eigenvalue weighted by atomic mass is 19.4. The van der Waals surface area contributed by atoms with Crippen LogP contribution in [0.3, 0.4) is 0 Å². The summed E-state index contributed by atoms with van der Waals surface area (Å²) >= 11 is 0. The van der Waals surface area contributed by atoms with Gasteiger partial charge in [-0.2, -0.15) is 13.2 Å². The summed E-state index contributed by atoms with van der Waals surface area (Å²) in [6.45, 7) is 14.1. The van der Waals surface area contributed by atoms with E-state index in [1.807, 2.05) is 32.6 Å². The van der Waals surface area contributed by atoms with Crippen LogP contribution in [-0.2, 0) is 0 Å². The molecule has 0 unspecified atom stereocenters. The number of rotatable bonds is 2. The molecule has 2 rings (SSSR count). The standard InChI is InChI=1S/C8H10.C7H12F3N.2C2H6/c1-7-3-5-8(2)6-4-7;8-7(9,10)3-6-11-4-1-2-5-11;2*1-2/h3-6H,1-2H3;1-6H2;2*1-2H3. The van der Waals surface area contributed by atoms with Gasteiger partial charge in [0, 0.05) is 6.54 Å². The summed E-state index contributed by atoms with van der Waals surface area (Å²) in [5.74, 6) is 0. The van der Waals surface area contributed by atoms with E-state index < -0.39 is 12.6 Å². The van der Waals surface area contributed by atoms with Gasteiger partial charge in [0.25, 0.3) is 0 Å². The van der Waals surface area contributed by atoms with Gasteiger partial charge >= 0.3 is 6.18 Å². The van der Waals surface area contributed by atoms with Crippen LogP contribution in [0.2, 0.25) is 0 Å². The maximum absolute atomic E-state index is 11.7. The topological polar surface area (TPSA) is 3.24 Å². The quantitative estimate of drug-likeness (QED) is 0.606. The molecule has 1 aromatic carbocycles. The van der Waals surface area contributed by atoms with E-state index in [2.05, 4.69) is 38.1 Å². The van der Waals surface area contributed by atoms with Crippen LogP contribution in [0.25, 0.3) is 0 Å². The Bertz CT molecular complexity index is 331. The maximum Gasteiger partial charge on any atom is 0.390 e. The number of benzene rings is 1. The second-order valence-electron chi connectivity index (χ2n) is 5.07. The van der Waals surface area contributed by atoms with Gasteiger partial charge in [-0.1, -0.05) is 63.1 Å². The van der Waals surface area contributed by atoms with Crippen molar-refractivity contribution < 1.29 is 13.2 Å². The molecule has 4 heteroatoms. The molecule has 1 saturated heterocycles. The van der Waals surface area contributed by atoms with Crippen LogP contribution in [0.15, 0.2) is 24.3 Å². The lowest BCUT2D eigenvalue weighted by atomic mass is 10.2. The molecular weight excluding hydrogens is 299 g/mol. The van der Waals surface area contributed by atoms with Crippen molar-refractivity contribution in [3.63, 3.8) is 0 Å². The zero-order valence-electron chi connectivity index (χ0n) is 15.6. The van der Waals surface area contributed by atoms with E-state index in [0.29, 0.717) is 0 Å². The first-order valence-corrected chi connectivity index (χ1v) is 8.69. The first-order chi connectivity index (χ1) is 10.9. The van der Waals surface area contributed by atoms with Crippen LogP contribution in [0, 0.1) is 13.8 Å². The van der Waals surface area contributed by atoms with Crippen LogP contribution in [-0.4, -0.2) is 30.7 Å². The lowest BCUT2D eigenvalue weighted by molar-refractivity contribution is -0.137. The third-order valence-electron chi connectivity index (χ3n) is 3.13. The molecule has 136 valence electrons. The van der Waals surface area contributed by atoms with Gasteiger partial charge in [-0.15, -0.1) is 0 Å². The number of hydrogen-bond donors (Lipinski definition) is 0. The van der Waals surface area contributed by atoms with E-state index in [9.17, 15) is 13.2 Å². The van der Waals surface area contributed by atoms with E-state index in [-0.39, 0.29) is 6.54 Å². The number of hydrogen-bond acceptors (Lipinski definition) is 1. The molecule has 1 nitrogen and oxygen atoms in total. The molecular formula is C19H34F3N. The first kappa shape index (κ1) is 24.2. The first-order valence-electron chi connectivity index (χ1n) is 8.69. The Kier molecular flexibility index (Phi) is 15.3. The SMILES string of the molecule is CC.CC.Cc1ccc(C)cc1.FC(F)(F)CCN1CCCC1. The zero-order valence-corrected chi connectivity index (χ0v) is 15.6. The average Bonchev–Trinajstić information content (AvgIpc) is 3.06. The minimum absolute atomic E-state index is 0.184. The fraction of sp³-hybridized carbons (Fsp3) is 0.684. The molecule has 1 aliphatic rings. The number of alkyl halides is 3. The van der Waals surface area contributed by atoms with Gasteiger partial charge in [0.15, 0.2) is 0 Å². The summed E-state index contributed by atoms with van der Waals surface area (Å²) in [6.07, 6.45) is -2.54. The summed E-state index contributed by atoms with van der Waals surface area (Å²) in [7, 11) is 0. The zero-order chi connectivity index (χ0) is 18.3. The van der Waals surface area contributed by atoms with Crippen molar-refractivity contribution in [3.8, 4) is 0 Å². The number of aryl methyl sites for hydroxylation is 2. The van der Waals surface area contributed by atoms with Gasteiger partial charge in [-0.25, -0.2) is 0 Å². The van der Waals surface area contributed by atoms with Gasteiger partial charge in [0.1, 0.15) is 0 Å². The third kappa shape index (κ3) is 15.6. The highest BCUT2D eigenvalue weighted by Crippen LogP contribution is 2.20. The molecule has 1 heterocycles. The van der Waals surface area contributed by atoms with E-state index in [4.69, 9.17) is 0 Å². The van der Waals surface area contributed by atoms with Gasteiger partial charge in [0.05, 0.1) is 6.42 Å². The maximum atomic E-state index is 11.7. The summed E-state index contributed by atoms with van der Waals surface area (Å²) < 4.78 is 35.0. The Morgan fingerprint density at radius 2 is 1.17 bits per heavy atom. The second-order valence-corrected chi connectivity index (χ2v) is 5.07. The van der Waals surface area contributed by atoms with E-state index in [1.165, 1.54) is 11.1 Å². The minimum atomic E-state index is -3.98. The Morgan fingerprint density at radius 1 is 0.826 bits per heavy atom. The van der Waals surface area contributed by atoms with Crippen LogP contribution >= 0.6 is 0 Å². The van der Waals surface area contributed by atoms with Gasteiger partial charge in [-0.3, -0.25) is 0 Å². The molecule has 0 atom stereocenters. The molecule has 23 heavy (non-hydrogen) atoms. The van der Waals surface area contributed by atoms with Gasteiger partial charge in [0.2, 0.25) is 0 Å². The van der Waals surface area contributed by atoms with Crippen molar-refractivity contribution in [3.05, 3.63) is 35.4 Å². The van der Waals surface area contributed by atoms with Crippen LogP contribution in [0.5, 0.6) is 0 Å². The predicted molar refractivity (Wildman–Crippen MR) is 95.0 cm³/mol. The Balaban J connectivity index is 0. The van der Waals surface area contributed by atoms with Crippen LogP contribution in [0.1, 0.15) is 58.1 Å². The summed E-state index contributed by atoms with van der Waals surface area (Å²) in [5.41, 5.74) is 2.66. The highest BCUT2D eigenvalue weighted by molar-refractivity contribution is 5.19. The molecule has 0 saturated carbocycles. The molecule has 0 aromatic heterocycles. The molecule has 0 bridgehead atoms. The molecule has 0 aliphatic carbocycles. The monoisotopic (exact) mass is 333 g/mol. The van der Waals surface area contributed by atoms with Gasteiger partial charge < -0.3 is 4.90 Å². The summed E-state index contributed by atoms with van der Waals surface area (Å²) in [6, 6.07) is 8.48. The number of halogens is 3. The number of nitrogens with zero attached hydrogens (tertiary/aromatic N) is 1. The van der Waals surface area contributed by atoms with Crippen molar-refractivity contribution in [1.29, 1.82) is 0 Å². The molecule has 1 fully saturated rings. The average molecular weight is 333 g/mol. The second kappa shape index (κ2) is 14.6. The van der Waals surface area contributed by atoms with Crippen molar-refractivity contribution in [2.75, 3.05) is 19.6 Å². The van der Waals surface area contributed by atoms with Crippen LogP contribution in [0.4, 0.5) is 13.2 Å². The van der Waals surface area contributed by atoms with Gasteiger partial charge in [-0.05, 0) is 39.8 Å². The van der Waals surface area contributed by atoms with Crippen molar-refractivity contribution in [1.82, 2.24) is 4.90 Å².